The van der Waals surface area contributed by atoms with E-state index >= 15 is 0 Å². The Morgan fingerprint density at radius 3 is 2.05 bits per heavy atom. The second kappa shape index (κ2) is 7.34. The van der Waals surface area contributed by atoms with Crippen molar-refractivity contribution in [2.75, 3.05) is 27.2 Å². The van der Waals surface area contributed by atoms with E-state index in [4.69, 9.17) is 5.73 Å². The van der Waals surface area contributed by atoms with E-state index in [9.17, 15) is 16.8 Å². The molecule has 0 saturated heterocycles. The molecule has 0 aliphatic carbocycles. The van der Waals surface area contributed by atoms with Crippen LogP contribution in [0.5, 0.6) is 0 Å². The van der Waals surface area contributed by atoms with Crippen molar-refractivity contribution in [1.29, 1.82) is 0 Å². The molecule has 0 fully saturated rings. The van der Waals surface area contributed by atoms with E-state index in [0.717, 1.165) is 4.31 Å². The number of hydrogen-bond donors (Lipinski definition) is 2. The molecule has 0 heterocycles. The summed E-state index contributed by atoms with van der Waals surface area (Å²) < 4.78 is 51.4. The van der Waals surface area contributed by atoms with Gasteiger partial charge in [0, 0.05) is 27.2 Å². The standard InChI is InChI=1S/C10H17N3O4S2.ClH/c1-13(2)19(16,17)10-6-4-3-5-9(10)18(14,15)12-8-7-11;/h3-6,12H,7-8,11H2,1-2H3;1H. The Morgan fingerprint density at radius 1 is 1.10 bits per heavy atom. The van der Waals surface area contributed by atoms with Gasteiger partial charge in [0.25, 0.3) is 0 Å². The zero-order valence-corrected chi connectivity index (χ0v) is 13.6. The predicted molar refractivity (Wildman–Crippen MR) is 78.8 cm³/mol. The lowest BCUT2D eigenvalue weighted by molar-refractivity contribution is 0.516. The average Bonchev–Trinajstić information content (AvgIpc) is 2.36. The number of sulfonamides is 2. The number of nitrogens with one attached hydrogen (secondary N) is 1. The minimum atomic E-state index is -3.91. The van der Waals surface area contributed by atoms with Gasteiger partial charge >= 0.3 is 0 Å². The third-order valence-electron chi connectivity index (χ3n) is 2.33. The Kier molecular flexibility index (Phi) is 7.08. The first-order valence-electron chi connectivity index (χ1n) is 5.45. The molecule has 20 heavy (non-hydrogen) atoms. The lowest BCUT2D eigenvalue weighted by Gasteiger charge is -2.15. The van der Waals surface area contributed by atoms with Crippen molar-refractivity contribution in [2.24, 2.45) is 5.73 Å². The molecule has 0 radical (unpaired) electrons. The molecule has 116 valence electrons. The van der Waals surface area contributed by atoms with Crippen molar-refractivity contribution in [1.82, 2.24) is 9.03 Å². The lowest BCUT2D eigenvalue weighted by atomic mass is 10.4. The molecule has 10 heteroatoms. The van der Waals surface area contributed by atoms with Crippen molar-refractivity contribution in [2.45, 2.75) is 9.79 Å². The maximum absolute atomic E-state index is 12.1. The maximum atomic E-state index is 12.1. The van der Waals surface area contributed by atoms with Gasteiger partial charge in [0.15, 0.2) is 0 Å². The maximum Gasteiger partial charge on any atom is 0.243 e. The smallest absolute Gasteiger partial charge is 0.243 e. The highest BCUT2D eigenvalue weighted by Crippen LogP contribution is 2.22. The van der Waals surface area contributed by atoms with Crippen LogP contribution in [-0.4, -0.2) is 48.3 Å². The molecule has 0 spiro atoms. The van der Waals surface area contributed by atoms with Gasteiger partial charge in [-0.15, -0.1) is 12.4 Å². The molecule has 0 unspecified atom stereocenters. The summed E-state index contributed by atoms with van der Waals surface area (Å²) in [4.78, 5) is -0.540. The normalized spacial score (nSPS) is 12.2. The number of nitrogens with zero attached hydrogens (tertiary/aromatic N) is 1. The predicted octanol–water partition coefficient (Wildman–Crippen LogP) is -0.404. The van der Waals surface area contributed by atoms with Gasteiger partial charge in [-0.2, -0.15) is 0 Å². The van der Waals surface area contributed by atoms with Gasteiger partial charge < -0.3 is 5.73 Å². The summed E-state index contributed by atoms with van der Waals surface area (Å²) in [5.74, 6) is 0. The monoisotopic (exact) mass is 343 g/mol. The van der Waals surface area contributed by atoms with Gasteiger partial charge in [0.1, 0.15) is 9.79 Å². The molecule has 0 atom stereocenters. The van der Waals surface area contributed by atoms with Crippen LogP contribution in [0, 0.1) is 0 Å². The lowest BCUT2D eigenvalue weighted by Crippen LogP contribution is -2.31. The van der Waals surface area contributed by atoms with E-state index in [1.807, 2.05) is 0 Å². The van der Waals surface area contributed by atoms with Crippen LogP contribution in [0.3, 0.4) is 0 Å². The number of benzene rings is 1. The van der Waals surface area contributed by atoms with Gasteiger partial charge in [0.2, 0.25) is 20.0 Å². The average molecular weight is 344 g/mol. The fourth-order valence-corrected chi connectivity index (χ4v) is 4.10. The van der Waals surface area contributed by atoms with Gasteiger partial charge in [-0.1, -0.05) is 12.1 Å². The van der Waals surface area contributed by atoms with E-state index in [0.29, 0.717) is 0 Å². The number of hydrogen-bond acceptors (Lipinski definition) is 5. The van der Waals surface area contributed by atoms with E-state index in [-0.39, 0.29) is 35.3 Å². The third kappa shape index (κ3) is 4.14. The van der Waals surface area contributed by atoms with E-state index in [2.05, 4.69) is 4.72 Å². The fraction of sp³-hybridized carbons (Fsp3) is 0.400. The van der Waals surface area contributed by atoms with Crippen LogP contribution in [0.2, 0.25) is 0 Å². The summed E-state index contributed by atoms with van der Waals surface area (Å²) >= 11 is 0. The topological polar surface area (TPSA) is 110 Å². The summed E-state index contributed by atoms with van der Waals surface area (Å²) in [6.45, 7) is 0.167. The van der Waals surface area contributed by atoms with Crippen LogP contribution in [0.1, 0.15) is 0 Å². The SMILES string of the molecule is CN(C)S(=O)(=O)c1ccccc1S(=O)(=O)NCCN.Cl. The Bertz CT molecular complexity index is 644. The van der Waals surface area contributed by atoms with Crippen LogP contribution < -0.4 is 10.5 Å². The molecule has 0 amide bonds. The molecule has 0 aromatic heterocycles. The Labute approximate surface area is 125 Å². The molecular formula is C10H18ClN3O4S2. The van der Waals surface area contributed by atoms with E-state index in [1.54, 1.807) is 0 Å². The molecule has 3 N–H and O–H groups in total. The van der Waals surface area contributed by atoms with Gasteiger partial charge in [0.05, 0.1) is 0 Å². The Morgan fingerprint density at radius 2 is 1.60 bits per heavy atom. The quantitative estimate of drug-likeness (QED) is 0.730. The molecule has 0 aliphatic rings. The second-order valence-electron chi connectivity index (χ2n) is 3.92. The molecule has 0 bridgehead atoms. The highest BCUT2D eigenvalue weighted by atomic mass is 35.5. The van der Waals surface area contributed by atoms with E-state index < -0.39 is 20.0 Å². The largest absolute Gasteiger partial charge is 0.329 e. The van der Waals surface area contributed by atoms with Crippen LogP contribution in [-0.2, 0) is 20.0 Å². The molecule has 0 aliphatic heterocycles. The first-order valence-corrected chi connectivity index (χ1v) is 8.37. The minimum absolute atomic E-state index is 0. The highest BCUT2D eigenvalue weighted by molar-refractivity contribution is 7.92. The highest BCUT2D eigenvalue weighted by Gasteiger charge is 2.27. The Balaban J connectivity index is 0.00000361. The number of halogens is 1. The van der Waals surface area contributed by atoms with Crippen molar-refractivity contribution >= 4 is 32.5 Å². The summed E-state index contributed by atoms with van der Waals surface area (Å²) in [5, 5.41) is 0. The summed E-state index contributed by atoms with van der Waals surface area (Å²) in [6.07, 6.45) is 0. The van der Waals surface area contributed by atoms with Crippen LogP contribution in [0.4, 0.5) is 0 Å². The van der Waals surface area contributed by atoms with Gasteiger partial charge in [-0.25, -0.2) is 25.9 Å². The summed E-state index contributed by atoms with van der Waals surface area (Å²) in [7, 11) is -5.06. The fourth-order valence-electron chi connectivity index (χ4n) is 1.35. The van der Waals surface area contributed by atoms with Crippen molar-refractivity contribution < 1.29 is 16.8 Å². The van der Waals surface area contributed by atoms with Crippen LogP contribution in [0.15, 0.2) is 34.1 Å². The molecule has 1 rings (SSSR count). The zero-order valence-electron chi connectivity index (χ0n) is 11.1. The van der Waals surface area contributed by atoms with Crippen molar-refractivity contribution in [3.05, 3.63) is 24.3 Å². The number of nitrogens with two attached hydrogens (primary N) is 1. The Hall–Kier alpha value is -0.710. The minimum Gasteiger partial charge on any atom is -0.329 e. The van der Waals surface area contributed by atoms with Crippen LogP contribution in [0.25, 0.3) is 0 Å². The molecule has 1 aromatic carbocycles. The first kappa shape index (κ1) is 19.3. The molecule has 0 saturated carbocycles. The zero-order chi connectivity index (χ0) is 14.7. The van der Waals surface area contributed by atoms with Crippen molar-refractivity contribution in [3.63, 3.8) is 0 Å². The summed E-state index contributed by atoms with van der Waals surface area (Å²) in [5.41, 5.74) is 5.23. The summed E-state index contributed by atoms with van der Waals surface area (Å²) in [6, 6.07) is 5.44. The molecule has 1 aromatic rings. The van der Waals surface area contributed by atoms with Gasteiger partial charge in [-0.3, -0.25) is 0 Å². The molecular weight excluding hydrogens is 326 g/mol. The number of rotatable bonds is 6. The van der Waals surface area contributed by atoms with Gasteiger partial charge in [-0.05, 0) is 12.1 Å². The first-order chi connectivity index (χ1) is 8.73. The second-order valence-corrected chi connectivity index (χ2v) is 7.78. The van der Waals surface area contributed by atoms with E-state index in [1.165, 1.54) is 38.4 Å². The van der Waals surface area contributed by atoms with Crippen LogP contribution >= 0.6 is 12.4 Å². The molecule has 7 nitrogen and oxygen atoms in total. The van der Waals surface area contributed by atoms with Crippen molar-refractivity contribution in [3.8, 4) is 0 Å². The third-order valence-corrected chi connectivity index (χ3v) is 5.86.